The van der Waals surface area contributed by atoms with Gasteiger partial charge in [-0.05, 0) is 95.0 Å². The van der Waals surface area contributed by atoms with E-state index in [1.165, 1.54) is 0 Å². The predicted octanol–water partition coefficient (Wildman–Crippen LogP) is 6.29. The highest BCUT2D eigenvalue weighted by molar-refractivity contribution is 6.00. The molecule has 2 N–H and O–H groups in total. The van der Waals surface area contributed by atoms with E-state index in [1.54, 1.807) is 32.6 Å². The van der Waals surface area contributed by atoms with Gasteiger partial charge >= 0.3 is 6.09 Å². The lowest BCUT2D eigenvalue weighted by Gasteiger charge is -2.37. The number of amides is 3. The average Bonchev–Trinajstić information content (AvgIpc) is 2.82. The number of aryl methyl sites for hydroxylation is 1. The Morgan fingerprint density at radius 1 is 0.868 bits per heavy atom. The smallest absolute Gasteiger partial charge is 0.408 e. The van der Waals surface area contributed by atoms with Crippen molar-refractivity contribution in [2.75, 3.05) is 5.32 Å². The van der Waals surface area contributed by atoms with Crippen LogP contribution in [-0.2, 0) is 14.3 Å². The van der Waals surface area contributed by atoms with Gasteiger partial charge in [0.05, 0.1) is 0 Å². The number of hydrogen-bond acceptors (Lipinski definition) is 4. The van der Waals surface area contributed by atoms with Crippen LogP contribution in [0.5, 0.6) is 0 Å². The Balaban J connectivity index is 1.99. The van der Waals surface area contributed by atoms with Crippen molar-refractivity contribution in [1.29, 1.82) is 0 Å². The number of anilines is 1. The summed E-state index contributed by atoms with van der Waals surface area (Å²) in [6.45, 7) is 14.5. The van der Waals surface area contributed by atoms with Crippen molar-refractivity contribution in [2.24, 2.45) is 0 Å². The van der Waals surface area contributed by atoms with Crippen molar-refractivity contribution in [2.45, 2.75) is 79.1 Å². The van der Waals surface area contributed by atoms with E-state index in [2.05, 4.69) is 10.6 Å². The fourth-order valence-corrected chi connectivity index (χ4v) is 4.41. The van der Waals surface area contributed by atoms with E-state index < -0.39 is 23.8 Å². The highest BCUT2D eigenvalue weighted by Crippen LogP contribution is 2.30. The van der Waals surface area contributed by atoms with Crippen LogP contribution in [0.15, 0.2) is 60.7 Å². The largest absolute Gasteiger partial charge is 0.444 e. The highest BCUT2D eigenvalue weighted by atomic mass is 16.6. The maximum absolute atomic E-state index is 14.0. The van der Waals surface area contributed by atoms with E-state index in [9.17, 15) is 14.4 Å². The molecule has 2 unspecified atom stereocenters. The molecule has 38 heavy (non-hydrogen) atoms. The molecule has 0 saturated carbocycles. The fraction of sp³-hybridized carbons (Fsp3) is 0.387. The molecule has 3 aromatic rings. The minimum Gasteiger partial charge on any atom is -0.444 e. The molecular formula is C31H39N3O4. The predicted molar refractivity (Wildman–Crippen MR) is 152 cm³/mol. The first-order chi connectivity index (χ1) is 17.8. The summed E-state index contributed by atoms with van der Waals surface area (Å²) >= 11 is 0. The van der Waals surface area contributed by atoms with Crippen LogP contribution >= 0.6 is 0 Å². The van der Waals surface area contributed by atoms with Crippen LogP contribution in [0.2, 0.25) is 0 Å². The van der Waals surface area contributed by atoms with Gasteiger partial charge in [0.1, 0.15) is 17.7 Å². The molecule has 202 valence electrons. The summed E-state index contributed by atoms with van der Waals surface area (Å²) in [6, 6.07) is 17.2. The van der Waals surface area contributed by atoms with E-state index in [4.69, 9.17) is 4.74 Å². The number of nitrogens with one attached hydrogen (secondary N) is 2. The third kappa shape index (κ3) is 6.91. The summed E-state index contributed by atoms with van der Waals surface area (Å²) in [4.78, 5) is 41.7. The molecule has 3 amide bonds. The molecule has 7 heteroatoms. The summed E-state index contributed by atoms with van der Waals surface area (Å²) in [5.41, 5.74) is 2.61. The number of benzene rings is 3. The molecule has 0 heterocycles. The van der Waals surface area contributed by atoms with Gasteiger partial charge in [0, 0.05) is 11.7 Å². The summed E-state index contributed by atoms with van der Waals surface area (Å²) in [7, 11) is 0. The molecule has 3 aromatic carbocycles. The molecule has 2 atom stereocenters. The summed E-state index contributed by atoms with van der Waals surface area (Å²) in [5.74, 6) is -0.717. The highest BCUT2D eigenvalue weighted by Gasteiger charge is 2.37. The van der Waals surface area contributed by atoms with Gasteiger partial charge in [-0.25, -0.2) is 4.79 Å². The van der Waals surface area contributed by atoms with Crippen LogP contribution in [0.4, 0.5) is 10.5 Å². The van der Waals surface area contributed by atoms with E-state index in [1.807, 2.05) is 88.4 Å². The van der Waals surface area contributed by atoms with E-state index in [-0.39, 0.29) is 17.9 Å². The SMILES string of the molecule is Cc1cccc(C(C(=O)Nc2ccc3ccccc3c2)N(C(=O)C(C)NC(=O)OC(C)(C)C)C(C)C)c1C. The zero-order valence-corrected chi connectivity index (χ0v) is 23.6. The molecule has 0 saturated heterocycles. The number of carbonyl (C=O) groups excluding carboxylic acids is 3. The second-order valence-corrected chi connectivity index (χ2v) is 11.0. The van der Waals surface area contributed by atoms with Gasteiger partial charge in [0.15, 0.2) is 0 Å². The van der Waals surface area contributed by atoms with E-state index in [0.29, 0.717) is 5.69 Å². The maximum Gasteiger partial charge on any atom is 0.408 e. The first-order valence-electron chi connectivity index (χ1n) is 13.0. The van der Waals surface area contributed by atoms with Gasteiger partial charge in [-0.15, -0.1) is 0 Å². The maximum atomic E-state index is 14.0. The molecule has 0 bridgehead atoms. The Morgan fingerprint density at radius 2 is 1.53 bits per heavy atom. The second-order valence-electron chi connectivity index (χ2n) is 11.0. The summed E-state index contributed by atoms with van der Waals surface area (Å²) in [5, 5.41) is 7.73. The number of fused-ring (bicyclic) bond motifs is 1. The second kappa shape index (κ2) is 11.7. The van der Waals surface area contributed by atoms with Crippen LogP contribution in [0.3, 0.4) is 0 Å². The van der Waals surface area contributed by atoms with Crippen LogP contribution in [0.1, 0.15) is 64.3 Å². The Hall–Kier alpha value is -3.87. The third-order valence-corrected chi connectivity index (χ3v) is 6.40. The zero-order chi connectivity index (χ0) is 28.2. The van der Waals surface area contributed by atoms with Crippen LogP contribution < -0.4 is 10.6 Å². The minimum absolute atomic E-state index is 0.333. The Labute approximate surface area is 225 Å². The van der Waals surface area contributed by atoms with Crippen molar-refractivity contribution in [1.82, 2.24) is 10.2 Å². The minimum atomic E-state index is -0.920. The molecule has 0 aromatic heterocycles. The molecule has 0 spiro atoms. The molecule has 7 nitrogen and oxygen atoms in total. The standard InChI is InChI=1S/C31H39N3O4/c1-19(2)34(29(36)22(5)32-30(37)38-31(6,7)8)27(26-15-11-12-20(3)21(26)4)28(35)33-25-17-16-23-13-9-10-14-24(23)18-25/h9-19,22,27H,1-8H3,(H,32,37)(H,33,35). The third-order valence-electron chi connectivity index (χ3n) is 6.40. The monoisotopic (exact) mass is 517 g/mol. The van der Waals surface area contributed by atoms with Gasteiger partial charge in [0.25, 0.3) is 5.91 Å². The lowest BCUT2D eigenvalue weighted by atomic mass is 9.94. The van der Waals surface area contributed by atoms with Crippen LogP contribution in [-0.4, -0.2) is 40.5 Å². The summed E-state index contributed by atoms with van der Waals surface area (Å²) in [6.07, 6.45) is -0.689. The van der Waals surface area contributed by atoms with Gasteiger partial charge in [-0.3, -0.25) is 9.59 Å². The molecule has 0 aliphatic carbocycles. The zero-order valence-electron chi connectivity index (χ0n) is 23.6. The Bertz CT molecular complexity index is 1330. The number of rotatable bonds is 7. The van der Waals surface area contributed by atoms with Gasteiger partial charge in [0.2, 0.25) is 5.91 Å². The van der Waals surface area contributed by atoms with Crippen molar-refractivity contribution in [3.8, 4) is 0 Å². The first-order valence-corrected chi connectivity index (χ1v) is 13.0. The number of carbonyl (C=O) groups is 3. The molecule has 0 aliphatic rings. The van der Waals surface area contributed by atoms with Gasteiger partial charge in [-0.1, -0.05) is 48.5 Å². The summed E-state index contributed by atoms with van der Waals surface area (Å²) < 4.78 is 5.34. The van der Waals surface area contributed by atoms with Crippen LogP contribution in [0, 0.1) is 13.8 Å². The molecule has 0 aliphatic heterocycles. The van der Waals surface area contributed by atoms with Gasteiger partial charge < -0.3 is 20.3 Å². The number of nitrogens with zero attached hydrogens (tertiary/aromatic N) is 1. The molecule has 0 radical (unpaired) electrons. The quantitative estimate of drug-likeness (QED) is 0.386. The van der Waals surface area contributed by atoms with Crippen molar-refractivity contribution < 1.29 is 19.1 Å². The normalized spacial score (nSPS) is 13.1. The van der Waals surface area contributed by atoms with Crippen molar-refractivity contribution >= 4 is 34.4 Å². The number of alkyl carbamates (subject to hydrolysis) is 1. The first kappa shape index (κ1) is 28.7. The number of hydrogen-bond donors (Lipinski definition) is 2. The number of ether oxygens (including phenoxy) is 1. The van der Waals surface area contributed by atoms with Crippen molar-refractivity contribution in [3.05, 3.63) is 77.4 Å². The van der Waals surface area contributed by atoms with E-state index >= 15 is 0 Å². The van der Waals surface area contributed by atoms with Gasteiger partial charge in [-0.2, -0.15) is 0 Å². The molecule has 0 fully saturated rings. The topological polar surface area (TPSA) is 87.7 Å². The lowest BCUT2D eigenvalue weighted by Crippen LogP contribution is -2.53. The van der Waals surface area contributed by atoms with E-state index in [0.717, 1.165) is 27.5 Å². The van der Waals surface area contributed by atoms with Crippen LogP contribution in [0.25, 0.3) is 10.8 Å². The molecule has 3 rings (SSSR count). The average molecular weight is 518 g/mol. The Kier molecular flexibility index (Phi) is 8.82. The molecular weight excluding hydrogens is 478 g/mol. The fourth-order valence-electron chi connectivity index (χ4n) is 4.41. The van der Waals surface area contributed by atoms with Crippen molar-refractivity contribution in [3.63, 3.8) is 0 Å². The Morgan fingerprint density at radius 3 is 2.16 bits per heavy atom. The lowest BCUT2D eigenvalue weighted by molar-refractivity contribution is -0.142.